The number of halogens is 1. The Morgan fingerprint density at radius 3 is 2.53 bits per heavy atom. The summed E-state index contributed by atoms with van der Waals surface area (Å²) in [6, 6.07) is 14.4. The summed E-state index contributed by atoms with van der Waals surface area (Å²) in [5.74, 6) is -0.802. The van der Waals surface area contributed by atoms with Crippen LogP contribution in [0.3, 0.4) is 0 Å². The second-order valence-corrected chi connectivity index (χ2v) is 9.82. The lowest BCUT2D eigenvalue weighted by Gasteiger charge is -2.30. The van der Waals surface area contributed by atoms with Crippen LogP contribution in [0.1, 0.15) is 12.8 Å². The lowest BCUT2D eigenvalue weighted by atomic mass is 9.97. The van der Waals surface area contributed by atoms with E-state index in [1.54, 1.807) is 47.8 Å². The Bertz CT molecular complexity index is 1140. The van der Waals surface area contributed by atoms with Crippen LogP contribution in [0.5, 0.6) is 0 Å². The highest BCUT2D eigenvalue weighted by Crippen LogP contribution is 2.28. The third-order valence-electron chi connectivity index (χ3n) is 5.06. The van der Waals surface area contributed by atoms with Crippen LogP contribution in [0.4, 0.5) is 9.52 Å². The van der Waals surface area contributed by atoms with Crippen LogP contribution < -0.4 is 5.32 Å². The van der Waals surface area contributed by atoms with E-state index in [4.69, 9.17) is 0 Å². The maximum absolute atomic E-state index is 13.4. The van der Waals surface area contributed by atoms with Crippen LogP contribution in [0, 0.1) is 11.7 Å². The number of hydrogen-bond donors (Lipinski definition) is 1. The van der Waals surface area contributed by atoms with Gasteiger partial charge in [0.05, 0.1) is 10.6 Å². The zero-order chi connectivity index (χ0) is 21.1. The number of nitrogens with one attached hydrogen (secondary N) is 1. The average molecular weight is 446 g/mol. The number of sulfonamides is 1. The highest BCUT2D eigenvalue weighted by molar-refractivity contribution is 7.89. The predicted molar refractivity (Wildman–Crippen MR) is 114 cm³/mol. The summed E-state index contributed by atoms with van der Waals surface area (Å²) in [5, 5.41) is 5.01. The van der Waals surface area contributed by atoms with Gasteiger partial charge in [-0.25, -0.2) is 17.8 Å². The molecule has 3 aromatic rings. The fraction of sp³-hybridized carbons (Fsp3) is 0.238. The van der Waals surface area contributed by atoms with Crippen LogP contribution in [-0.2, 0) is 14.8 Å². The van der Waals surface area contributed by atoms with Gasteiger partial charge in [-0.2, -0.15) is 4.31 Å². The molecule has 0 atom stereocenters. The van der Waals surface area contributed by atoms with E-state index in [1.807, 2.05) is 0 Å². The van der Waals surface area contributed by atoms with Crippen LogP contribution in [0.15, 0.2) is 64.9 Å². The summed E-state index contributed by atoms with van der Waals surface area (Å²) >= 11 is 1.27. The summed E-state index contributed by atoms with van der Waals surface area (Å²) in [7, 11) is -3.54. The van der Waals surface area contributed by atoms with Gasteiger partial charge in [0, 0.05) is 30.0 Å². The summed E-state index contributed by atoms with van der Waals surface area (Å²) < 4.78 is 40.2. The van der Waals surface area contributed by atoms with Gasteiger partial charge in [0.25, 0.3) is 0 Å². The van der Waals surface area contributed by atoms with Gasteiger partial charge in [0.1, 0.15) is 5.82 Å². The third-order valence-corrected chi connectivity index (χ3v) is 7.73. The molecule has 9 heteroatoms. The van der Waals surface area contributed by atoms with Crippen molar-refractivity contribution in [2.24, 2.45) is 5.92 Å². The van der Waals surface area contributed by atoms with Gasteiger partial charge in [0.2, 0.25) is 15.9 Å². The molecule has 0 unspecified atom stereocenters. The molecular formula is C21H20FN3O3S2. The third kappa shape index (κ3) is 4.43. The number of carbonyl (C=O) groups excluding carboxylic acids is 1. The molecule has 2 heterocycles. The Morgan fingerprint density at radius 1 is 1.10 bits per heavy atom. The number of aromatic nitrogens is 1. The van der Waals surface area contributed by atoms with Crippen molar-refractivity contribution in [2.75, 3.05) is 18.4 Å². The molecule has 1 aliphatic heterocycles. The molecule has 1 N–H and O–H groups in total. The quantitative estimate of drug-likeness (QED) is 0.644. The fourth-order valence-corrected chi connectivity index (χ4v) is 5.63. The number of carbonyl (C=O) groups is 1. The van der Waals surface area contributed by atoms with Crippen molar-refractivity contribution < 1.29 is 17.6 Å². The van der Waals surface area contributed by atoms with Gasteiger partial charge in [-0.05, 0) is 37.1 Å². The topological polar surface area (TPSA) is 79.4 Å². The SMILES string of the molecule is O=C(Nc1nc(-c2cccc(F)c2)cs1)C1CCN(S(=O)(=O)c2ccccc2)CC1. The van der Waals surface area contributed by atoms with Crippen molar-refractivity contribution in [3.63, 3.8) is 0 Å². The number of benzene rings is 2. The molecule has 30 heavy (non-hydrogen) atoms. The standard InChI is InChI=1S/C21H20FN3O3S2/c22-17-6-4-5-16(13-17)19-14-29-21(23-19)24-20(26)15-9-11-25(12-10-15)30(27,28)18-7-2-1-3-8-18/h1-8,13-15H,9-12H2,(H,23,24,26). The molecule has 0 spiro atoms. The second-order valence-electron chi connectivity index (χ2n) is 7.03. The van der Waals surface area contributed by atoms with Crippen molar-refractivity contribution in [2.45, 2.75) is 17.7 Å². The zero-order valence-electron chi connectivity index (χ0n) is 16.0. The number of amides is 1. The largest absolute Gasteiger partial charge is 0.302 e. The number of hydrogen-bond acceptors (Lipinski definition) is 5. The minimum Gasteiger partial charge on any atom is -0.302 e. The Labute approximate surface area is 178 Å². The first-order valence-corrected chi connectivity index (χ1v) is 11.8. The highest BCUT2D eigenvalue weighted by atomic mass is 32.2. The van der Waals surface area contributed by atoms with Gasteiger partial charge in [-0.1, -0.05) is 30.3 Å². The lowest BCUT2D eigenvalue weighted by molar-refractivity contribution is -0.120. The van der Waals surface area contributed by atoms with E-state index in [0.717, 1.165) is 0 Å². The molecule has 156 valence electrons. The molecule has 0 bridgehead atoms. The predicted octanol–water partition coefficient (Wildman–Crippen LogP) is 3.99. The lowest BCUT2D eigenvalue weighted by Crippen LogP contribution is -2.41. The minimum absolute atomic E-state index is 0.174. The number of thiazole rings is 1. The van der Waals surface area contributed by atoms with Crippen molar-refractivity contribution in [3.05, 3.63) is 65.8 Å². The molecular weight excluding hydrogens is 425 g/mol. The molecule has 1 fully saturated rings. The molecule has 1 saturated heterocycles. The molecule has 6 nitrogen and oxygen atoms in total. The second kappa shape index (κ2) is 8.63. The Morgan fingerprint density at radius 2 is 1.83 bits per heavy atom. The van der Waals surface area contributed by atoms with Crippen LogP contribution in [0.25, 0.3) is 11.3 Å². The summed E-state index contributed by atoms with van der Waals surface area (Å²) in [6.45, 7) is 0.587. The molecule has 4 rings (SSSR count). The van der Waals surface area contributed by atoms with Gasteiger partial charge >= 0.3 is 0 Å². The maximum atomic E-state index is 13.4. The first-order valence-electron chi connectivity index (χ1n) is 9.51. The van der Waals surface area contributed by atoms with E-state index in [2.05, 4.69) is 10.3 Å². The van der Waals surface area contributed by atoms with Crippen LogP contribution >= 0.6 is 11.3 Å². The normalized spacial score (nSPS) is 15.8. The average Bonchev–Trinajstić information content (AvgIpc) is 3.23. The molecule has 1 aromatic heterocycles. The van der Waals surface area contributed by atoms with Gasteiger partial charge in [0.15, 0.2) is 5.13 Å². The molecule has 2 aromatic carbocycles. The summed E-state index contributed by atoms with van der Waals surface area (Å²) in [4.78, 5) is 17.2. The van der Waals surface area contributed by atoms with E-state index in [0.29, 0.717) is 42.3 Å². The first-order chi connectivity index (χ1) is 14.4. The smallest absolute Gasteiger partial charge is 0.243 e. The minimum atomic E-state index is -3.54. The monoisotopic (exact) mass is 445 g/mol. The van der Waals surface area contributed by atoms with Crippen LogP contribution in [0.2, 0.25) is 0 Å². The molecule has 1 amide bonds. The number of nitrogens with zero attached hydrogens (tertiary/aromatic N) is 2. The Balaban J connectivity index is 1.36. The Kier molecular flexibility index (Phi) is 5.94. The number of rotatable bonds is 5. The maximum Gasteiger partial charge on any atom is 0.243 e. The van der Waals surface area contributed by atoms with Gasteiger partial charge in [-0.15, -0.1) is 11.3 Å². The molecule has 0 aliphatic carbocycles. The first kappa shape index (κ1) is 20.6. The summed E-state index contributed by atoms with van der Waals surface area (Å²) in [6.07, 6.45) is 0.889. The van der Waals surface area contributed by atoms with Gasteiger partial charge in [-0.3, -0.25) is 4.79 Å². The van der Waals surface area contributed by atoms with E-state index >= 15 is 0 Å². The van der Waals surface area contributed by atoms with Crippen molar-refractivity contribution in [1.82, 2.24) is 9.29 Å². The van der Waals surface area contributed by atoms with Crippen LogP contribution in [-0.4, -0.2) is 36.7 Å². The van der Waals surface area contributed by atoms with E-state index in [9.17, 15) is 17.6 Å². The fourth-order valence-electron chi connectivity index (χ4n) is 3.42. The van der Waals surface area contributed by atoms with E-state index < -0.39 is 10.0 Å². The summed E-state index contributed by atoms with van der Waals surface area (Å²) in [5.41, 5.74) is 1.24. The van der Waals surface area contributed by atoms with Gasteiger partial charge < -0.3 is 5.32 Å². The molecule has 0 radical (unpaired) electrons. The van der Waals surface area contributed by atoms with E-state index in [1.165, 1.54) is 27.8 Å². The van der Waals surface area contributed by atoms with E-state index in [-0.39, 0.29) is 22.5 Å². The van der Waals surface area contributed by atoms with Crippen molar-refractivity contribution in [3.8, 4) is 11.3 Å². The van der Waals surface area contributed by atoms with Crippen molar-refractivity contribution in [1.29, 1.82) is 0 Å². The molecule has 0 saturated carbocycles. The van der Waals surface area contributed by atoms with Crippen molar-refractivity contribution >= 4 is 32.4 Å². The molecule has 1 aliphatic rings. The number of piperidine rings is 1. The Hall–Kier alpha value is -2.62. The zero-order valence-corrected chi connectivity index (χ0v) is 17.6. The number of anilines is 1. The highest BCUT2D eigenvalue weighted by Gasteiger charge is 2.32.